The number of rotatable bonds is 4. The molecule has 0 radical (unpaired) electrons. The molecule has 32 heavy (non-hydrogen) atoms. The SMILES string of the molecule is CC12C[C@@H](c3ccncc3NC(=O)c3ccc(F)c(-c4ccc(O)cc4F)n3)CC[C@@H]1C2. The van der Waals surface area contributed by atoms with Crippen molar-refractivity contribution in [2.75, 3.05) is 5.32 Å². The summed E-state index contributed by atoms with van der Waals surface area (Å²) in [5.41, 5.74) is 1.60. The van der Waals surface area contributed by atoms with E-state index in [1.54, 1.807) is 12.4 Å². The zero-order chi connectivity index (χ0) is 22.5. The summed E-state index contributed by atoms with van der Waals surface area (Å²) in [4.78, 5) is 21.2. The van der Waals surface area contributed by atoms with Gasteiger partial charge < -0.3 is 10.4 Å². The second kappa shape index (κ2) is 7.65. The Bertz CT molecular complexity index is 1220. The number of hydrogen-bond donors (Lipinski definition) is 2. The van der Waals surface area contributed by atoms with Gasteiger partial charge in [-0.3, -0.25) is 9.78 Å². The van der Waals surface area contributed by atoms with E-state index in [9.17, 15) is 18.7 Å². The molecule has 2 aliphatic rings. The summed E-state index contributed by atoms with van der Waals surface area (Å²) in [6.07, 6.45) is 7.98. The molecule has 0 spiro atoms. The van der Waals surface area contributed by atoms with Crippen molar-refractivity contribution in [2.24, 2.45) is 11.3 Å². The van der Waals surface area contributed by atoms with Crippen molar-refractivity contribution in [1.29, 1.82) is 0 Å². The van der Waals surface area contributed by atoms with Crippen LogP contribution in [0.1, 0.15) is 54.6 Å². The average Bonchev–Trinajstić information content (AvgIpc) is 3.45. The van der Waals surface area contributed by atoms with Crippen LogP contribution in [-0.4, -0.2) is 21.0 Å². The molecule has 5 rings (SSSR count). The lowest BCUT2D eigenvalue weighted by atomic mass is 9.78. The molecule has 1 aromatic carbocycles. The maximum absolute atomic E-state index is 14.4. The third-order valence-corrected chi connectivity index (χ3v) is 6.94. The van der Waals surface area contributed by atoms with Crippen LogP contribution >= 0.6 is 0 Å². The average molecular weight is 435 g/mol. The Hall–Kier alpha value is -3.35. The molecular formula is C25H23F2N3O2. The number of carbonyl (C=O) groups excluding carboxylic acids is 1. The molecule has 1 amide bonds. The molecule has 2 N–H and O–H groups in total. The molecule has 2 fully saturated rings. The summed E-state index contributed by atoms with van der Waals surface area (Å²) in [6.45, 7) is 2.33. The smallest absolute Gasteiger partial charge is 0.274 e. The van der Waals surface area contributed by atoms with Crippen LogP contribution in [0.4, 0.5) is 14.5 Å². The van der Waals surface area contributed by atoms with Gasteiger partial charge in [-0.25, -0.2) is 13.8 Å². The van der Waals surface area contributed by atoms with E-state index in [1.807, 2.05) is 6.07 Å². The second-order valence-electron chi connectivity index (χ2n) is 9.14. The minimum absolute atomic E-state index is 0.0402. The number of fused-ring (bicyclic) bond motifs is 1. The minimum Gasteiger partial charge on any atom is -0.508 e. The van der Waals surface area contributed by atoms with Gasteiger partial charge in [0.25, 0.3) is 5.91 Å². The normalized spacial score (nSPS) is 24.0. The molecule has 2 aromatic heterocycles. The Kier molecular flexibility index (Phi) is 4.92. The molecule has 3 atom stereocenters. The molecule has 0 bridgehead atoms. The lowest BCUT2D eigenvalue weighted by Crippen LogP contribution is -2.19. The summed E-state index contributed by atoms with van der Waals surface area (Å²) >= 11 is 0. The van der Waals surface area contributed by atoms with Crippen LogP contribution < -0.4 is 5.32 Å². The summed E-state index contributed by atoms with van der Waals surface area (Å²) in [5.74, 6) is -1.22. The summed E-state index contributed by atoms with van der Waals surface area (Å²) in [7, 11) is 0. The summed E-state index contributed by atoms with van der Waals surface area (Å²) in [5, 5.41) is 12.3. The first kappa shape index (κ1) is 20.5. The predicted molar refractivity (Wildman–Crippen MR) is 116 cm³/mol. The van der Waals surface area contributed by atoms with E-state index in [-0.39, 0.29) is 22.7 Å². The molecule has 7 heteroatoms. The van der Waals surface area contributed by atoms with Gasteiger partial charge in [-0.1, -0.05) is 6.92 Å². The van der Waals surface area contributed by atoms with Crippen molar-refractivity contribution in [3.05, 3.63) is 71.7 Å². The number of carbonyl (C=O) groups is 1. The summed E-state index contributed by atoms with van der Waals surface area (Å²) < 4.78 is 28.6. The van der Waals surface area contributed by atoms with Gasteiger partial charge in [0.2, 0.25) is 0 Å². The molecular weight excluding hydrogens is 412 g/mol. The van der Waals surface area contributed by atoms with Crippen LogP contribution in [0.5, 0.6) is 5.75 Å². The zero-order valence-corrected chi connectivity index (χ0v) is 17.6. The molecule has 2 aliphatic carbocycles. The summed E-state index contributed by atoms with van der Waals surface area (Å²) in [6, 6.07) is 7.64. The van der Waals surface area contributed by atoms with Gasteiger partial charge >= 0.3 is 0 Å². The van der Waals surface area contributed by atoms with Gasteiger partial charge in [-0.15, -0.1) is 0 Å². The number of aromatic nitrogens is 2. The van der Waals surface area contributed by atoms with Gasteiger partial charge in [-0.2, -0.15) is 0 Å². The fourth-order valence-electron chi connectivity index (χ4n) is 5.04. The van der Waals surface area contributed by atoms with Crippen molar-refractivity contribution in [2.45, 2.75) is 38.5 Å². The number of anilines is 1. The number of phenols is 1. The number of aromatic hydroxyl groups is 1. The van der Waals surface area contributed by atoms with Crippen LogP contribution in [0, 0.1) is 23.0 Å². The number of pyridine rings is 2. The predicted octanol–water partition coefficient (Wildman–Crippen LogP) is 5.67. The Balaban J connectivity index is 1.42. The number of amides is 1. The number of halogens is 2. The molecule has 3 aromatic rings. The standard InChI is InChI=1S/C25H23F2N3O2/c1-25-11-14(2-3-15(25)12-25)17-8-9-28-13-22(17)30-24(32)21-7-6-19(26)23(29-21)18-5-4-16(31)10-20(18)27/h4-10,13-15,31H,2-3,11-12H2,1H3,(H,30,32)/t14-,15+,25?/m0/s1. The first-order chi connectivity index (χ1) is 15.3. The highest BCUT2D eigenvalue weighted by Gasteiger charge is 2.53. The van der Waals surface area contributed by atoms with E-state index in [1.165, 1.54) is 31.0 Å². The van der Waals surface area contributed by atoms with Gasteiger partial charge in [0, 0.05) is 17.8 Å². The quantitative estimate of drug-likeness (QED) is 0.553. The van der Waals surface area contributed by atoms with Crippen LogP contribution in [0.3, 0.4) is 0 Å². The molecule has 2 saturated carbocycles. The maximum atomic E-state index is 14.4. The largest absolute Gasteiger partial charge is 0.508 e. The lowest BCUT2D eigenvalue weighted by molar-refractivity contribution is 0.102. The molecule has 0 saturated heterocycles. The highest BCUT2D eigenvalue weighted by atomic mass is 19.1. The van der Waals surface area contributed by atoms with Crippen molar-refractivity contribution < 1.29 is 18.7 Å². The Morgan fingerprint density at radius 3 is 2.75 bits per heavy atom. The van der Waals surface area contributed by atoms with E-state index in [0.717, 1.165) is 36.5 Å². The fourth-order valence-corrected chi connectivity index (χ4v) is 5.04. The van der Waals surface area contributed by atoms with E-state index in [0.29, 0.717) is 17.0 Å². The fraction of sp³-hybridized carbons (Fsp3) is 0.320. The van der Waals surface area contributed by atoms with Crippen molar-refractivity contribution in [3.63, 3.8) is 0 Å². The zero-order valence-electron chi connectivity index (χ0n) is 17.6. The third kappa shape index (κ3) is 3.72. The highest BCUT2D eigenvalue weighted by Crippen LogP contribution is 2.64. The van der Waals surface area contributed by atoms with E-state index in [4.69, 9.17) is 0 Å². The number of nitrogens with one attached hydrogen (secondary N) is 1. The van der Waals surface area contributed by atoms with E-state index < -0.39 is 17.5 Å². The van der Waals surface area contributed by atoms with E-state index >= 15 is 0 Å². The Morgan fingerprint density at radius 1 is 1.12 bits per heavy atom. The second-order valence-corrected chi connectivity index (χ2v) is 9.14. The lowest BCUT2D eigenvalue weighted by Gasteiger charge is -2.28. The van der Waals surface area contributed by atoms with Crippen LogP contribution in [0.2, 0.25) is 0 Å². The van der Waals surface area contributed by atoms with Gasteiger partial charge in [0.1, 0.15) is 28.8 Å². The van der Waals surface area contributed by atoms with Crippen molar-refractivity contribution in [3.8, 4) is 17.0 Å². The highest BCUT2D eigenvalue weighted by molar-refractivity contribution is 6.03. The molecule has 1 unspecified atom stereocenters. The molecule has 0 aliphatic heterocycles. The first-order valence-electron chi connectivity index (χ1n) is 10.7. The van der Waals surface area contributed by atoms with Crippen molar-refractivity contribution >= 4 is 11.6 Å². The van der Waals surface area contributed by atoms with Gasteiger partial charge in [0.05, 0.1) is 11.9 Å². The van der Waals surface area contributed by atoms with Crippen LogP contribution in [0.25, 0.3) is 11.3 Å². The van der Waals surface area contributed by atoms with Gasteiger partial charge in [-0.05, 0) is 78.8 Å². The molecule has 5 nitrogen and oxygen atoms in total. The topological polar surface area (TPSA) is 75.1 Å². The number of nitrogens with zero attached hydrogens (tertiary/aromatic N) is 2. The number of benzene rings is 1. The van der Waals surface area contributed by atoms with E-state index in [2.05, 4.69) is 22.2 Å². The van der Waals surface area contributed by atoms with Crippen LogP contribution in [0.15, 0.2) is 48.8 Å². The Labute approximate surface area is 184 Å². The first-order valence-corrected chi connectivity index (χ1v) is 10.7. The van der Waals surface area contributed by atoms with Crippen molar-refractivity contribution in [1.82, 2.24) is 9.97 Å². The number of phenolic OH excluding ortho intramolecular Hbond substituents is 1. The minimum atomic E-state index is -0.826. The van der Waals surface area contributed by atoms with Crippen LogP contribution in [-0.2, 0) is 0 Å². The number of hydrogen-bond acceptors (Lipinski definition) is 4. The monoisotopic (exact) mass is 435 g/mol. The maximum Gasteiger partial charge on any atom is 0.274 e. The molecule has 164 valence electrons. The Morgan fingerprint density at radius 2 is 1.97 bits per heavy atom. The van der Waals surface area contributed by atoms with Gasteiger partial charge in [0.15, 0.2) is 0 Å². The molecule has 2 heterocycles. The third-order valence-electron chi connectivity index (χ3n) is 6.94.